The van der Waals surface area contributed by atoms with Gasteiger partial charge in [-0.25, -0.2) is 4.98 Å². The molecule has 0 spiro atoms. The second kappa shape index (κ2) is 7.04. The van der Waals surface area contributed by atoms with E-state index in [0.717, 1.165) is 16.0 Å². The lowest BCUT2D eigenvalue weighted by Crippen LogP contribution is -2.12. The maximum atomic E-state index is 11.9. The summed E-state index contributed by atoms with van der Waals surface area (Å²) in [5.41, 5.74) is 0.912. The lowest BCUT2D eigenvalue weighted by molar-refractivity contribution is -0.116. The standard InChI is InChI=1S/C17H16N2O2S/c20-16(11-6-12-21-13-7-2-1-3-8-13)19-17-18-14-9-4-5-10-15(14)22-17/h1-5,7-10H,6,11-12H2,(H,18,19,20). The second-order valence-electron chi connectivity index (χ2n) is 4.80. The van der Waals surface area contributed by atoms with Crippen LogP contribution in [0.5, 0.6) is 5.75 Å². The van der Waals surface area contributed by atoms with Crippen molar-refractivity contribution >= 4 is 32.6 Å². The van der Waals surface area contributed by atoms with E-state index in [2.05, 4.69) is 10.3 Å². The van der Waals surface area contributed by atoms with Crippen molar-refractivity contribution in [2.24, 2.45) is 0 Å². The number of benzene rings is 2. The van der Waals surface area contributed by atoms with Crippen LogP contribution in [-0.4, -0.2) is 17.5 Å². The fourth-order valence-electron chi connectivity index (χ4n) is 2.05. The number of carbonyl (C=O) groups excluding carboxylic acids is 1. The summed E-state index contributed by atoms with van der Waals surface area (Å²) in [4.78, 5) is 16.3. The van der Waals surface area contributed by atoms with Gasteiger partial charge in [0, 0.05) is 6.42 Å². The number of carbonyl (C=O) groups is 1. The van der Waals surface area contributed by atoms with Crippen LogP contribution in [0.25, 0.3) is 10.2 Å². The van der Waals surface area contributed by atoms with E-state index in [1.807, 2.05) is 54.6 Å². The molecular formula is C17H16N2O2S. The van der Waals surface area contributed by atoms with Crippen LogP contribution in [-0.2, 0) is 4.79 Å². The number of nitrogens with one attached hydrogen (secondary N) is 1. The van der Waals surface area contributed by atoms with Crippen LogP contribution in [0.2, 0.25) is 0 Å². The second-order valence-corrected chi connectivity index (χ2v) is 5.83. The molecule has 0 radical (unpaired) electrons. The molecule has 0 aliphatic carbocycles. The molecule has 2 aromatic carbocycles. The first-order valence-electron chi connectivity index (χ1n) is 7.14. The normalized spacial score (nSPS) is 10.5. The van der Waals surface area contributed by atoms with Gasteiger partial charge in [-0.15, -0.1) is 0 Å². The van der Waals surface area contributed by atoms with Crippen molar-refractivity contribution in [3.63, 3.8) is 0 Å². The van der Waals surface area contributed by atoms with Crippen LogP contribution in [0.4, 0.5) is 5.13 Å². The number of fused-ring (bicyclic) bond motifs is 1. The third kappa shape index (κ3) is 3.83. The zero-order chi connectivity index (χ0) is 15.2. The maximum Gasteiger partial charge on any atom is 0.226 e. The average Bonchev–Trinajstić information content (AvgIpc) is 2.94. The smallest absolute Gasteiger partial charge is 0.226 e. The summed E-state index contributed by atoms with van der Waals surface area (Å²) < 4.78 is 6.64. The first-order valence-corrected chi connectivity index (χ1v) is 7.96. The predicted octanol–water partition coefficient (Wildman–Crippen LogP) is 4.09. The Bertz CT molecular complexity index is 722. The summed E-state index contributed by atoms with van der Waals surface area (Å²) in [7, 11) is 0. The number of para-hydroxylation sites is 2. The summed E-state index contributed by atoms with van der Waals surface area (Å²) in [5, 5.41) is 3.49. The average molecular weight is 312 g/mol. The fraction of sp³-hybridized carbons (Fsp3) is 0.176. The highest BCUT2D eigenvalue weighted by molar-refractivity contribution is 7.22. The Balaban J connectivity index is 1.44. The van der Waals surface area contributed by atoms with Gasteiger partial charge in [-0.3, -0.25) is 4.79 Å². The molecule has 0 unspecified atom stereocenters. The van der Waals surface area contributed by atoms with Crippen molar-refractivity contribution in [1.82, 2.24) is 4.98 Å². The van der Waals surface area contributed by atoms with Gasteiger partial charge in [0.2, 0.25) is 5.91 Å². The van der Waals surface area contributed by atoms with Gasteiger partial charge in [-0.2, -0.15) is 0 Å². The molecule has 1 heterocycles. The highest BCUT2D eigenvalue weighted by Gasteiger charge is 2.07. The summed E-state index contributed by atoms with van der Waals surface area (Å²) in [6.45, 7) is 0.525. The number of rotatable bonds is 6. The van der Waals surface area contributed by atoms with E-state index in [4.69, 9.17) is 4.74 Å². The zero-order valence-electron chi connectivity index (χ0n) is 12.0. The lowest BCUT2D eigenvalue weighted by Gasteiger charge is -2.05. The van der Waals surface area contributed by atoms with Gasteiger partial charge in [0.1, 0.15) is 5.75 Å². The van der Waals surface area contributed by atoms with Gasteiger partial charge in [-0.05, 0) is 30.7 Å². The molecule has 0 saturated carbocycles. The molecule has 0 bridgehead atoms. The van der Waals surface area contributed by atoms with E-state index in [-0.39, 0.29) is 5.91 Å². The highest BCUT2D eigenvalue weighted by Crippen LogP contribution is 2.25. The number of aromatic nitrogens is 1. The van der Waals surface area contributed by atoms with E-state index < -0.39 is 0 Å². The van der Waals surface area contributed by atoms with Crippen molar-refractivity contribution < 1.29 is 9.53 Å². The van der Waals surface area contributed by atoms with Crippen LogP contribution >= 0.6 is 11.3 Å². The topological polar surface area (TPSA) is 51.2 Å². The Labute approximate surface area is 132 Å². The predicted molar refractivity (Wildman–Crippen MR) is 89.4 cm³/mol. The quantitative estimate of drug-likeness (QED) is 0.697. The molecule has 112 valence electrons. The van der Waals surface area contributed by atoms with Crippen molar-refractivity contribution in [1.29, 1.82) is 0 Å². The van der Waals surface area contributed by atoms with Crippen LogP contribution in [0.15, 0.2) is 54.6 Å². The Morgan fingerprint density at radius 1 is 1.09 bits per heavy atom. The number of amides is 1. The number of nitrogens with zero attached hydrogens (tertiary/aromatic N) is 1. The molecule has 0 aliphatic heterocycles. The molecule has 1 N–H and O–H groups in total. The van der Waals surface area contributed by atoms with Crippen molar-refractivity contribution in [3.8, 4) is 5.75 Å². The summed E-state index contributed by atoms with van der Waals surface area (Å²) in [6, 6.07) is 17.4. The van der Waals surface area contributed by atoms with E-state index in [1.54, 1.807) is 0 Å². The monoisotopic (exact) mass is 312 g/mol. The first kappa shape index (κ1) is 14.5. The van der Waals surface area contributed by atoms with Crippen LogP contribution in [0, 0.1) is 0 Å². The van der Waals surface area contributed by atoms with Gasteiger partial charge < -0.3 is 10.1 Å². The van der Waals surface area contributed by atoms with E-state index in [1.165, 1.54) is 11.3 Å². The number of thiazole rings is 1. The van der Waals surface area contributed by atoms with Gasteiger partial charge in [-0.1, -0.05) is 41.7 Å². The summed E-state index contributed by atoms with van der Waals surface area (Å²) in [5.74, 6) is 0.796. The Morgan fingerprint density at radius 3 is 2.68 bits per heavy atom. The number of ether oxygens (including phenoxy) is 1. The molecule has 0 saturated heterocycles. The van der Waals surface area contributed by atoms with Crippen molar-refractivity contribution in [2.45, 2.75) is 12.8 Å². The molecule has 22 heavy (non-hydrogen) atoms. The minimum Gasteiger partial charge on any atom is -0.494 e. The molecule has 4 nitrogen and oxygen atoms in total. The van der Waals surface area contributed by atoms with E-state index in [0.29, 0.717) is 24.6 Å². The summed E-state index contributed by atoms with van der Waals surface area (Å²) in [6.07, 6.45) is 1.09. The largest absolute Gasteiger partial charge is 0.494 e. The fourth-order valence-corrected chi connectivity index (χ4v) is 2.93. The molecule has 5 heteroatoms. The van der Waals surface area contributed by atoms with Crippen molar-refractivity contribution in [2.75, 3.05) is 11.9 Å². The molecule has 3 aromatic rings. The third-order valence-corrected chi connectivity index (χ3v) is 4.05. The Hall–Kier alpha value is -2.40. The zero-order valence-corrected chi connectivity index (χ0v) is 12.8. The minimum atomic E-state index is -0.0317. The lowest BCUT2D eigenvalue weighted by atomic mass is 10.3. The van der Waals surface area contributed by atoms with Crippen LogP contribution in [0.1, 0.15) is 12.8 Å². The van der Waals surface area contributed by atoms with Gasteiger partial charge in [0.25, 0.3) is 0 Å². The van der Waals surface area contributed by atoms with E-state index in [9.17, 15) is 4.79 Å². The number of hydrogen-bond acceptors (Lipinski definition) is 4. The van der Waals surface area contributed by atoms with E-state index >= 15 is 0 Å². The van der Waals surface area contributed by atoms with Crippen LogP contribution < -0.4 is 10.1 Å². The minimum absolute atomic E-state index is 0.0317. The molecular weight excluding hydrogens is 296 g/mol. The molecule has 0 aliphatic rings. The molecule has 1 aromatic heterocycles. The highest BCUT2D eigenvalue weighted by atomic mass is 32.1. The molecule has 3 rings (SSSR count). The Kier molecular flexibility index (Phi) is 4.65. The van der Waals surface area contributed by atoms with Gasteiger partial charge in [0.05, 0.1) is 16.8 Å². The molecule has 0 atom stereocenters. The van der Waals surface area contributed by atoms with Crippen LogP contribution in [0.3, 0.4) is 0 Å². The summed E-state index contributed by atoms with van der Waals surface area (Å²) >= 11 is 1.49. The van der Waals surface area contributed by atoms with Gasteiger partial charge in [0.15, 0.2) is 5.13 Å². The first-order chi connectivity index (χ1) is 10.8. The van der Waals surface area contributed by atoms with Crippen molar-refractivity contribution in [3.05, 3.63) is 54.6 Å². The SMILES string of the molecule is O=C(CCCOc1ccccc1)Nc1nc2ccccc2s1. The molecule has 0 fully saturated rings. The number of hydrogen-bond donors (Lipinski definition) is 1. The van der Waals surface area contributed by atoms with Gasteiger partial charge >= 0.3 is 0 Å². The molecule has 1 amide bonds. The number of anilines is 1. The Morgan fingerprint density at radius 2 is 1.86 bits per heavy atom. The third-order valence-electron chi connectivity index (χ3n) is 3.10. The maximum absolute atomic E-state index is 11.9.